The molecule has 9 nitrogen and oxygen atoms in total. The van der Waals surface area contributed by atoms with E-state index in [1.807, 2.05) is 0 Å². The third-order valence-corrected chi connectivity index (χ3v) is 5.58. The van der Waals surface area contributed by atoms with Gasteiger partial charge in [0.2, 0.25) is 0 Å². The number of hydrogen-bond donors (Lipinski definition) is 1. The van der Waals surface area contributed by atoms with Crippen LogP contribution < -0.4 is 14.4 Å². The topological polar surface area (TPSA) is 119 Å². The number of benzene rings is 3. The highest BCUT2D eigenvalue weighted by atomic mass is 16.6. The summed E-state index contributed by atoms with van der Waals surface area (Å²) < 4.78 is 10.4. The van der Waals surface area contributed by atoms with Crippen molar-refractivity contribution < 1.29 is 29.1 Å². The number of aliphatic hydroxyl groups is 1. The molecule has 0 spiro atoms. The standard InChI is InChI=1S/C25H20N2O7/c1-33-19-11-5-15(6-12-19)22-21(23(28)16-3-7-18(8-4-16)27(31)32)24(29)25(30)26(22)17-9-13-20(34-2)14-10-17/h3-14,22,28H,1-2H3/b23-21-. The summed E-state index contributed by atoms with van der Waals surface area (Å²) in [6.07, 6.45) is 0. The van der Waals surface area contributed by atoms with Crippen LogP contribution in [-0.2, 0) is 9.59 Å². The van der Waals surface area contributed by atoms with Crippen molar-refractivity contribution in [2.75, 3.05) is 19.1 Å². The molecule has 1 amide bonds. The molecule has 1 N–H and O–H groups in total. The van der Waals surface area contributed by atoms with Gasteiger partial charge in [-0.3, -0.25) is 24.6 Å². The molecule has 34 heavy (non-hydrogen) atoms. The highest BCUT2D eigenvalue weighted by Crippen LogP contribution is 2.42. The van der Waals surface area contributed by atoms with Crippen molar-refractivity contribution in [2.24, 2.45) is 0 Å². The number of anilines is 1. The van der Waals surface area contributed by atoms with Crippen molar-refractivity contribution in [1.82, 2.24) is 0 Å². The molecular weight excluding hydrogens is 440 g/mol. The van der Waals surface area contributed by atoms with Crippen molar-refractivity contribution in [3.63, 3.8) is 0 Å². The molecule has 0 bridgehead atoms. The van der Waals surface area contributed by atoms with E-state index in [-0.39, 0.29) is 16.8 Å². The number of nitrogens with zero attached hydrogens (tertiary/aromatic N) is 2. The van der Waals surface area contributed by atoms with Gasteiger partial charge in [0.05, 0.1) is 30.8 Å². The van der Waals surface area contributed by atoms with E-state index in [0.717, 1.165) is 0 Å². The maximum Gasteiger partial charge on any atom is 0.300 e. The van der Waals surface area contributed by atoms with E-state index in [1.54, 1.807) is 48.5 Å². The number of carbonyl (C=O) groups excluding carboxylic acids is 2. The zero-order valence-corrected chi connectivity index (χ0v) is 18.3. The van der Waals surface area contributed by atoms with E-state index in [0.29, 0.717) is 22.7 Å². The Morgan fingerprint density at radius 3 is 1.91 bits per heavy atom. The van der Waals surface area contributed by atoms with E-state index in [9.17, 15) is 24.8 Å². The number of carbonyl (C=O) groups is 2. The first-order valence-corrected chi connectivity index (χ1v) is 10.2. The first kappa shape index (κ1) is 22.5. The lowest BCUT2D eigenvalue weighted by molar-refractivity contribution is -0.384. The van der Waals surface area contributed by atoms with Gasteiger partial charge < -0.3 is 14.6 Å². The molecule has 1 aliphatic rings. The SMILES string of the molecule is COc1ccc(C2/C(=C(/O)c3ccc([N+](=O)[O-])cc3)C(=O)C(=O)N2c2ccc(OC)cc2)cc1. The molecule has 172 valence electrons. The van der Waals surface area contributed by atoms with Crippen LogP contribution in [-0.4, -0.2) is 35.9 Å². The lowest BCUT2D eigenvalue weighted by Gasteiger charge is -2.25. The van der Waals surface area contributed by atoms with Gasteiger partial charge in [0.25, 0.3) is 17.4 Å². The Bertz CT molecular complexity index is 1280. The van der Waals surface area contributed by atoms with Gasteiger partial charge >= 0.3 is 0 Å². The molecule has 3 aromatic rings. The van der Waals surface area contributed by atoms with Crippen LogP contribution in [0.4, 0.5) is 11.4 Å². The highest BCUT2D eigenvalue weighted by Gasteiger charge is 2.47. The highest BCUT2D eigenvalue weighted by molar-refractivity contribution is 6.51. The number of rotatable bonds is 6. The second-order valence-electron chi connectivity index (χ2n) is 7.44. The summed E-state index contributed by atoms with van der Waals surface area (Å²) in [4.78, 5) is 38.0. The summed E-state index contributed by atoms with van der Waals surface area (Å²) in [5.41, 5.74) is 0.893. The van der Waals surface area contributed by atoms with Crippen molar-refractivity contribution >= 4 is 28.8 Å². The summed E-state index contributed by atoms with van der Waals surface area (Å²) in [6.45, 7) is 0. The number of hydrogen-bond acceptors (Lipinski definition) is 7. The average Bonchev–Trinajstić information content (AvgIpc) is 3.14. The van der Waals surface area contributed by atoms with Crippen LogP contribution in [0.5, 0.6) is 11.5 Å². The van der Waals surface area contributed by atoms with Crippen LogP contribution in [0.25, 0.3) is 5.76 Å². The number of nitro benzene ring substituents is 1. The van der Waals surface area contributed by atoms with Gasteiger partial charge in [-0.1, -0.05) is 12.1 Å². The molecule has 1 heterocycles. The Morgan fingerprint density at radius 1 is 0.882 bits per heavy atom. The summed E-state index contributed by atoms with van der Waals surface area (Å²) in [5, 5.41) is 22.1. The van der Waals surface area contributed by atoms with Crippen LogP contribution in [0.15, 0.2) is 78.4 Å². The van der Waals surface area contributed by atoms with Gasteiger partial charge in [0, 0.05) is 23.4 Å². The molecule has 1 saturated heterocycles. The normalized spacial score (nSPS) is 17.0. The second-order valence-corrected chi connectivity index (χ2v) is 7.44. The molecule has 0 radical (unpaired) electrons. The lowest BCUT2D eigenvalue weighted by Crippen LogP contribution is -2.29. The summed E-state index contributed by atoms with van der Waals surface area (Å²) in [5.74, 6) is -0.945. The van der Waals surface area contributed by atoms with E-state index < -0.39 is 28.4 Å². The molecule has 0 aliphatic carbocycles. The van der Waals surface area contributed by atoms with Crippen molar-refractivity contribution in [1.29, 1.82) is 0 Å². The lowest BCUT2D eigenvalue weighted by atomic mass is 9.95. The summed E-state index contributed by atoms with van der Waals surface area (Å²) in [6, 6.07) is 17.6. The van der Waals surface area contributed by atoms with Crippen LogP contribution in [0.1, 0.15) is 17.2 Å². The van der Waals surface area contributed by atoms with E-state index in [2.05, 4.69) is 0 Å². The second kappa shape index (κ2) is 9.07. The fourth-order valence-corrected chi connectivity index (χ4v) is 3.84. The summed E-state index contributed by atoms with van der Waals surface area (Å²) in [7, 11) is 3.04. The Labute approximate surface area is 194 Å². The minimum atomic E-state index is -0.936. The average molecular weight is 460 g/mol. The molecule has 1 atom stereocenters. The van der Waals surface area contributed by atoms with E-state index >= 15 is 0 Å². The number of Topliss-reactive ketones (excluding diaryl/α,β-unsaturated/α-hetero) is 1. The Hall–Kier alpha value is -4.66. The van der Waals surface area contributed by atoms with Crippen molar-refractivity contribution in [2.45, 2.75) is 6.04 Å². The van der Waals surface area contributed by atoms with Crippen LogP contribution >= 0.6 is 0 Å². The zero-order valence-electron chi connectivity index (χ0n) is 18.3. The third-order valence-electron chi connectivity index (χ3n) is 5.58. The predicted molar refractivity (Wildman–Crippen MR) is 124 cm³/mol. The molecule has 1 fully saturated rings. The van der Waals surface area contributed by atoms with Gasteiger partial charge in [0.15, 0.2) is 0 Å². The summed E-state index contributed by atoms with van der Waals surface area (Å²) >= 11 is 0. The molecule has 4 rings (SSSR count). The molecule has 3 aromatic carbocycles. The number of ether oxygens (including phenoxy) is 2. The minimum Gasteiger partial charge on any atom is -0.507 e. The fraction of sp³-hybridized carbons (Fsp3) is 0.120. The largest absolute Gasteiger partial charge is 0.507 e. The predicted octanol–water partition coefficient (Wildman–Crippen LogP) is 4.24. The maximum atomic E-state index is 13.1. The van der Waals surface area contributed by atoms with Crippen LogP contribution in [0.3, 0.4) is 0 Å². The zero-order chi connectivity index (χ0) is 24.4. The molecular formula is C25H20N2O7. The van der Waals surface area contributed by atoms with Crippen LogP contribution in [0, 0.1) is 10.1 Å². The van der Waals surface area contributed by atoms with Crippen molar-refractivity contribution in [3.8, 4) is 11.5 Å². The minimum absolute atomic E-state index is 0.125. The smallest absolute Gasteiger partial charge is 0.300 e. The number of non-ortho nitro benzene ring substituents is 1. The van der Waals surface area contributed by atoms with Gasteiger partial charge in [-0.05, 0) is 54.1 Å². The Morgan fingerprint density at radius 2 is 1.41 bits per heavy atom. The fourth-order valence-electron chi connectivity index (χ4n) is 3.84. The van der Waals surface area contributed by atoms with Gasteiger partial charge in [-0.2, -0.15) is 0 Å². The molecule has 1 aliphatic heterocycles. The van der Waals surface area contributed by atoms with Gasteiger partial charge in [-0.15, -0.1) is 0 Å². The molecule has 0 aromatic heterocycles. The quantitative estimate of drug-likeness (QED) is 0.192. The third kappa shape index (κ3) is 3.95. The van der Waals surface area contributed by atoms with E-state index in [4.69, 9.17) is 9.47 Å². The van der Waals surface area contributed by atoms with Crippen LogP contribution in [0.2, 0.25) is 0 Å². The number of nitro groups is 1. The molecule has 0 saturated carbocycles. The van der Waals surface area contributed by atoms with Gasteiger partial charge in [0.1, 0.15) is 17.3 Å². The maximum absolute atomic E-state index is 13.1. The van der Waals surface area contributed by atoms with Gasteiger partial charge in [-0.25, -0.2) is 0 Å². The Balaban J connectivity index is 1.88. The number of aliphatic hydroxyl groups excluding tert-OH is 1. The Kier molecular flexibility index (Phi) is 6.01. The van der Waals surface area contributed by atoms with Crippen molar-refractivity contribution in [3.05, 3.63) is 99.6 Å². The van der Waals surface area contributed by atoms with E-state index in [1.165, 1.54) is 43.4 Å². The monoisotopic (exact) mass is 460 g/mol. The number of methoxy groups -OCH3 is 2. The first-order valence-electron chi connectivity index (χ1n) is 10.2. The number of amides is 1. The first-order chi connectivity index (χ1) is 16.3. The molecule has 1 unspecified atom stereocenters. The molecule has 9 heteroatoms. The number of ketones is 1.